The number of hydrogen-bond acceptors (Lipinski definition) is 9. The first-order valence-electron chi connectivity index (χ1n) is 11.9. The van der Waals surface area contributed by atoms with Crippen LogP contribution in [0, 0.1) is 0 Å². The van der Waals surface area contributed by atoms with Crippen molar-refractivity contribution in [2.24, 2.45) is 0 Å². The molecule has 16 heteroatoms. The predicted molar refractivity (Wildman–Crippen MR) is 153 cm³/mol. The summed E-state index contributed by atoms with van der Waals surface area (Å²) in [6.45, 7) is 3.71. The van der Waals surface area contributed by atoms with E-state index < -0.39 is 23.8 Å². The first-order valence-corrected chi connectivity index (χ1v) is 13.0. The van der Waals surface area contributed by atoms with Gasteiger partial charge in [0.15, 0.2) is 5.01 Å². The molecule has 2 aliphatic heterocycles. The number of nitrogens with one attached hydrogen (secondary N) is 3. The van der Waals surface area contributed by atoms with Crippen molar-refractivity contribution in [3.05, 3.63) is 38.9 Å². The Morgan fingerprint density at radius 1 is 1.03 bits per heavy atom. The number of thiazole rings is 1. The lowest BCUT2D eigenvalue weighted by atomic mass is 10.2. The summed E-state index contributed by atoms with van der Waals surface area (Å²) in [6, 6.07) is 1.92. The summed E-state index contributed by atoms with van der Waals surface area (Å²) in [5, 5.41) is 8.21. The second kappa shape index (κ2) is 14.7. The van der Waals surface area contributed by atoms with Crippen LogP contribution in [0.1, 0.15) is 20.4 Å². The number of rotatable bonds is 6. The van der Waals surface area contributed by atoms with Gasteiger partial charge in [0.05, 0.1) is 10.7 Å². The highest BCUT2D eigenvalue weighted by Crippen LogP contribution is 2.24. The number of hydrogen-bond donors (Lipinski definition) is 3. The highest BCUT2D eigenvalue weighted by molar-refractivity contribution is 7.13. The fourth-order valence-electron chi connectivity index (χ4n) is 3.99. The van der Waals surface area contributed by atoms with Crippen molar-refractivity contribution in [1.29, 1.82) is 0 Å². The first kappa shape index (κ1) is 32.7. The summed E-state index contributed by atoms with van der Waals surface area (Å²) in [5.41, 5.74) is 0.899. The van der Waals surface area contributed by atoms with E-state index in [2.05, 4.69) is 35.7 Å². The number of halogens is 3. The second-order valence-electron chi connectivity index (χ2n) is 9.06. The number of fused-ring (bicyclic) bond motifs is 1. The lowest BCUT2D eigenvalue weighted by molar-refractivity contribution is -0.137. The Morgan fingerprint density at radius 2 is 1.74 bits per heavy atom. The molecule has 214 valence electrons. The quantitative estimate of drug-likeness (QED) is 0.400. The molecule has 0 radical (unpaired) electrons. The number of piperazine rings is 1. The third-order valence-corrected chi connectivity index (χ3v) is 7.48. The largest absolute Gasteiger partial charge is 0.345 e. The molecule has 0 saturated carbocycles. The average Bonchev–Trinajstić information content (AvgIpc) is 3.31. The lowest BCUT2D eigenvalue weighted by Crippen LogP contribution is -2.57. The van der Waals surface area contributed by atoms with Gasteiger partial charge in [0.25, 0.3) is 5.91 Å². The van der Waals surface area contributed by atoms with Crippen molar-refractivity contribution in [1.82, 2.24) is 35.3 Å². The van der Waals surface area contributed by atoms with Gasteiger partial charge in [-0.15, -0.1) is 36.2 Å². The van der Waals surface area contributed by atoms with Crippen LogP contribution in [0.15, 0.2) is 18.3 Å². The molecule has 2 aromatic rings. The maximum atomic E-state index is 13.3. The molecule has 1 atom stereocenters. The van der Waals surface area contributed by atoms with Crippen molar-refractivity contribution in [3.8, 4) is 0 Å². The minimum atomic E-state index is -1.06. The summed E-state index contributed by atoms with van der Waals surface area (Å²) < 4.78 is 0. The van der Waals surface area contributed by atoms with Gasteiger partial charge in [0, 0.05) is 63.3 Å². The third kappa shape index (κ3) is 8.72. The van der Waals surface area contributed by atoms with Gasteiger partial charge in [-0.1, -0.05) is 11.6 Å². The molecule has 4 amide bonds. The van der Waals surface area contributed by atoms with Crippen LogP contribution in [0.2, 0.25) is 5.02 Å². The van der Waals surface area contributed by atoms with Gasteiger partial charge in [0.1, 0.15) is 11.9 Å². The minimum Gasteiger partial charge on any atom is -0.345 e. The van der Waals surface area contributed by atoms with E-state index in [1.54, 1.807) is 4.90 Å². The van der Waals surface area contributed by atoms with E-state index in [0.29, 0.717) is 31.2 Å². The Hall–Kier alpha value is -2.55. The smallest absolute Gasteiger partial charge is 0.314 e. The maximum Gasteiger partial charge on any atom is 0.314 e. The normalized spacial score (nSPS) is 16.1. The summed E-state index contributed by atoms with van der Waals surface area (Å²) >= 11 is 7.09. The number of amides is 4. The molecule has 0 bridgehead atoms. The highest BCUT2D eigenvalue weighted by atomic mass is 35.5. The number of aromatic nitrogens is 2. The standard InChI is InChI=1S/C23H29ClN8O4S.2ClH/c1-30-7-9-32(10-8-30)23(36)16(12-26-19(33)20(34)29-18-4-3-14(24)11-25-18)27-21(35)22-28-15-5-6-31(2)13-17(15)37-22;;/h3-4,11,16H,5-10,12-13H2,1-2H3,(H,26,33)(H,27,35)(H,25,29,34);2*1H. The fraction of sp³-hybridized carbons (Fsp3) is 0.478. The molecule has 4 heterocycles. The number of carbonyl (C=O) groups is 4. The summed E-state index contributed by atoms with van der Waals surface area (Å²) in [6.07, 6.45) is 2.09. The van der Waals surface area contributed by atoms with Gasteiger partial charge < -0.3 is 30.7 Å². The topological polar surface area (TPSA) is 140 Å². The van der Waals surface area contributed by atoms with Crippen LogP contribution in [0.25, 0.3) is 0 Å². The molecule has 2 aliphatic rings. The van der Waals surface area contributed by atoms with Gasteiger partial charge in [-0.05, 0) is 26.2 Å². The molecule has 0 aliphatic carbocycles. The monoisotopic (exact) mass is 620 g/mol. The Balaban J connectivity index is 0.00000267. The van der Waals surface area contributed by atoms with Gasteiger partial charge in [0.2, 0.25) is 5.91 Å². The van der Waals surface area contributed by atoms with Gasteiger partial charge in [-0.25, -0.2) is 9.97 Å². The third-order valence-electron chi connectivity index (χ3n) is 6.18. The average molecular weight is 622 g/mol. The Kier molecular flexibility index (Phi) is 12.3. The van der Waals surface area contributed by atoms with E-state index in [-0.39, 0.29) is 48.1 Å². The molecular formula is C23H31Cl3N8O4S. The van der Waals surface area contributed by atoms with Crippen LogP contribution in [0.4, 0.5) is 5.82 Å². The zero-order valence-electron chi connectivity index (χ0n) is 21.4. The van der Waals surface area contributed by atoms with E-state index in [9.17, 15) is 19.2 Å². The van der Waals surface area contributed by atoms with Crippen LogP contribution in [-0.2, 0) is 27.3 Å². The van der Waals surface area contributed by atoms with E-state index in [0.717, 1.165) is 30.1 Å². The van der Waals surface area contributed by atoms with Gasteiger partial charge in [-0.2, -0.15) is 0 Å². The molecule has 12 nitrogen and oxygen atoms in total. The minimum absolute atomic E-state index is 0. The Labute approximate surface area is 247 Å². The van der Waals surface area contributed by atoms with Crippen LogP contribution in [0.3, 0.4) is 0 Å². The molecule has 39 heavy (non-hydrogen) atoms. The molecule has 2 aromatic heterocycles. The molecule has 1 fully saturated rings. The van der Waals surface area contributed by atoms with Crippen molar-refractivity contribution < 1.29 is 19.2 Å². The van der Waals surface area contributed by atoms with Crippen molar-refractivity contribution in [2.45, 2.75) is 19.0 Å². The number of anilines is 1. The first-order chi connectivity index (χ1) is 17.7. The van der Waals surface area contributed by atoms with E-state index in [4.69, 9.17) is 11.6 Å². The van der Waals surface area contributed by atoms with Crippen LogP contribution in [-0.4, -0.2) is 108 Å². The van der Waals surface area contributed by atoms with E-state index in [1.807, 2.05) is 14.1 Å². The van der Waals surface area contributed by atoms with Crippen LogP contribution < -0.4 is 16.0 Å². The number of likely N-dealkylation sites (N-methyl/N-ethyl adjacent to an activating group) is 2. The Morgan fingerprint density at radius 3 is 2.41 bits per heavy atom. The predicted octanol–water partition coefficient (Wildman–Crippen LogP) is 0.650. The number of pyridine rings is 1. The summed E-state index contributed by atoms with van der Waals surface area (Å²) in [5.74, 6) is -2.58. The lowest BCUT2D eigenvalue weighted by Gasteiger charge is -2.34. The SMILES string of the molecule is CN1CCN(C(=O)C(CNC(=O)C(=O)Nc2ccc(Cl)cn2)NC(=O)c2nc3c(s2)CN(C)CC3)CC1.Cl.Cl. The van der Waals surface area contributed by atoms with Crippen LogP contribution >= 0.6 is 47.8 Å². The number of carbonyl (C=O) groups excluding carboxylic acids is 4. The van der Waals surface area contributed by atoms with Crippen molar-refractivity contribution >= 4 is 77.2 Å². The van der Waals surface area contributed by atoms with Crippen LogP contribution in [0.5, 0.6) is 0 Å². The zero-order chi connectivity index (χ0) is 26.5. The fourth-order valence-corrected chi connectivity index (χ4v) is 5.19. The van der Waals surface area contributed by atoms with E-state index >= 15 is 0 Å². The molecular weight excluding hydrogens is 591 g/mol. The van der Waals surface area contributed by atoms with Gasteiger partial charge >= 0.3 is 11.8 Å². The molecule has 1 saturated heterocycles. The zero-order valence-corrected chi connectivity index (χ0v) is 24.6. The molecule has 0 spiro atoms. The highest BCUT2D eigenvalue weighted by Gasteiger charge is 2.31. The number of nitrogens with zero attached hydrogens (tertiary/aromatic N) is 5. The molecule has 0 aromatic carbocycles. The second-order valence-corrected chi connectivity index (χ2v) is 10.6. The van der Waals surface area contributed by atoms with Crippen molar-refractivity contribution in [2.75, 3.05) is 58.7 Å². The summed E-state index contributed by atoms with van der Waals surface area (Å²) in [7, 11) is 3.98. The van der Waals surface area contributed by atoms with Gasteiger partial charge in [-0.3, -0.25) is 19.2 Å². The van der Waals surface area contributed by atoms with Crippen molar-refractivity contribution in [3.63, 3.8) is 0 Å². The van der Waals surface area contributed by atoms with E-state index in [1.165, 1.54) is 29.7 Å². The summed E-state index contributed by atoms with van der Waals surface area (Å²) in [4.78, 5) is 66.5. The molecule has 4 rings (SSSR count). The Bertz CT molecular complexity index is 1170. The molecule has 3 N–H and O–H groups in total. The molecule has 1 unspecified atom stereocenters. The maximum absolute atomic E-state index is 13.3.